The van der Waals surface area contributed by atoms with Crippen molar-refractivity contribution < 1.29 is 9.32 Å². The van der Waals surface area contributed by atoms with Crippen LogP contribution in [-0.4, -0.2) is 46.3 Å². The van der Waals surface area contributed by atoms with Crippen molar-refractivity contribution in [1.29, 1.82) is 0 Å². The number of hydrogen-bond donors (Lipinski definition) is 1. The monoisotopic (exact) mass is 456 g/mol. The van der Waals surface area contributed by atoms with Gasteiger partial charge in [0.05, 0.1) is 6.54 Å². The van der Waals surface area contributed by atoms with Crippen LogP contribution in [0.25, 0.3) is 11.4 Å². The molecule has 4 rings (SSSR count). The third kappa shape index (κ3) is 6.32. The van der Waals surface area contributed by atoms with Crippen LogP contribution >= 0.6 is 23.4 Å². The number of halogens is 1. The molecule has 0 radical (unpaired) electrons. The highest BCUT2D eigenvalue weighted by atomic mass is 35.5. The van der Waals surface area contributed by atoms with E-state index < -0.39 is 0 Å². The van der Waals surface area contributed by atoms with E-state index in [2.05, 4.69) is 20.4 Å². The zero-order chi connectivity index (χ0) is 21.5. The van der Waals surface area contributed by atoms with Gasteiger partial charge < -0.3 is 9.84 Å². The smallest absolute Gasteiger partial charge is 0.241 e. The predicted molar refractivity (Wildman–Crippen MR) is 123 cm³/mol. The molecule has 0 saturated carbocycles. The fourth-order valence-electron chi connectivity index (χ4n) is 3.59. The molecule has 2 aromatic carbocycles. The fraction of sp³-hybridized carbons (Fsp3) is 0.348. The van der Waals surface area contributed by atoms with Gasteiger partial charge >= 0.3 is 0 Å². The largest absolute Gasteiger partial charge is 0.355 e. The first-order valence-electron chi connectivity index (χ1n) is 10.4. The molecule has 1 fully saturated rings. The number of hydrogen-bond acceptors (Lipinski definition) is 6. The molecule has 1 saturated heterocycles. The molecule has 0 atom stereocenters. The molecule has 31 heavy (non-hydrogen) atoms. The molecule has 8 heteroatoms. The summed E-state index contributed by atoms with van der Waals surface area (Å²) in [4.78, 5) is 20.4. The van der Waals surface area contributed by atoms with Crippen LogP contribution in [0, 0.1) is 5.92 Å². The maximum Gasteiger partial charge on any atom is 0.241 e. The summed E-state index contributed by atoms with van der Waals surface area (Å²) in [6, 6.07) is 17.6. The lowest BCUT2D eigenvalue weighted by Gasteiger charge is -2.30. The standard InChI is InChI=1S/C23H25ClN4O2S/c24-19-6-8-20(9-7-19)31-15-12-25-23(29)18-10-13-28(14-11-18)16-21-26-22(27-30-21)17-4-2-1-3-5-17/h1-9,18H,10-16H2,(H,25,29). The average molecular weight is 457 g/mol. The second-order valence-corrected chi connectivity index (χ2v) is 9.13. The zero-order valence-electron chi connectivity index (χ0n) is 17.2. The third-order valence-corrected chi connectivity index (χ3v) is 6.57. The van der Waals surface area contributed by atoms with E-state index in [0.717, 1.165) is 47.2 Å². The van der Waals surface area contributed by atoms with Gasteiger partial charge in [-0.3, -0.25) is 9.69 Å². The van der Waals surface area contributed by atoms with Crippen molar-refractivity contribution in [1.82, 2.24) is 20.4 Å². The third-order valence-electron chi connectivity index (χ3n) is 5.30. The number of amides is 1. The zero-order valence-corrected chi connectivity index (χ0v) is 18.7. The van der Waals surface area contributed by atoms with Gasteiger partial charge in [-0.1, -0.05) is 47.1 Å². The number of carbonyl (C=O) groups is 1. The Bertz CT molecular complexity index is 973. The normalized spacial score (nSPS) is 15.1. The van der Waals surface area contributed by atoms with Crippen molar-refractivity contribution in [2.45, 2.75) is 24.3 Å². The van der Waals surface area contributed by atoms with Crippen LogP contribution in [0.2, 0.25) is 5.02 Å². The molecule has 0 spiro atoms. The Morgan fingerprint density at radius 2 is 1.87 bits per heavy atom. The van der Waals surface area contributed by atoms with Crippen LogP contribution in [0.1, 0.15) is 18.7 Å². The molecule has 0 unspecified atom stereocenters. The summed E-state index contributed by atoms with van der Waals surface area (Å²) in [5.41, 5.74) is 0.946. The van der Waals surface area contributed by atoms with E-state index in [1.807, 2.05) is 54.6 Å². The number of benzene rings is 2. The van der Waals surface area contributed by atoms with Crippen molar-refractivity contribution in [3.8, 4) is 11.4 Å². The van der Waals surface area contributed by atoms with E-state index in [-0.39, 0.29) is 11.8 Å². The van der Waals surface area contributed by atoms with Crippen molar-refractivity contribution in [2.75, 3.05) is 25.4 Å². The van der Waals surface area contributed by atoms with Crippen molar-refractivity contribution in [2.24, 2.45) is 5.92 Å². The molecular weight excluding hydrogens is 432 g/mol. The molecule has 162 valence electrons. The van der Waals surface area contributed by atoms with Crippen LogP contribution in [-0.2, 0) is 11.3 Å². The molecule has 1 N–H and O–H groups in total. The van der Waals surface area contributed by atoms with E-state index in [0.29, 0.717) is 24.8 Å². The number of piperidine rings is 1. The van der Waals surface area contributed by atoms with Crippen molar-refractivity contribution >= 4 is 29.3 Å². The Labute approximate surface area is 191 Å². The number of nitrogens with one attached hydrogen (secondary N) is 1. The first-order valence-corrected chi connectivity index (χ1v) is 11.8. The first-order chi connectivity index (χ1) is 15.2. The Hall–Kier alpha value is -2.35. The molecule has 6 nitrogen and oxygen atoms in total. The summed E-state index contributed by atoms with van der Waals surface area (Å²) in [5, 5.41) is 7.89. The van der Waals surface area contributed by atoms with Gasteiger partial charge in [-0.15, -0.1) is 11.8 Å². The lowest BCUT2D eigenvalue weighted by atomic mass is 9.96. The van der Waals surface area contributed by atoms with E-state index in [1.165, 1.54) is 0 Å². The molecule has 1 amide bonds. The van der Waals surface area contributed by atoms with Gasteiger partial charge in [0.15, 0.2) is 0 Å². The van der Waals surface area contributed by atoms with E-state index in [9.17, 15) is 4.79 Å². The number of nitrogens with zero attached hydrogens (tertiary/aromatic N) is 3. The molecule has 1 aliphatic heterocycles. The second-order valence-electron chi connectivity index (χ2n) is 7.52. The Kier molecular flexibility index (Phi) is 7.61. The highest BCUT2D eigenvalue weighted by Crippen LogP contribution is 2.22. The molecule has 2 heterocycles. The number of thioether (sulfide) groups is 1. The lowest BCUT2D eigenvalue weighted by molar-refractivity contribution is -0.126. The summed E-state index contributed by atoms with van der Waals surface area (Å²) in [6.07, 6.45) is 1.69. The van der Waals surface area contributed by atoms with E-state index >= 15 is 0 Å². The van der Waals surface area contributed by atoms with Crippen LogP contribution in [0.4, 0.5) is 0 Å². The Morgan fingerprint density at radius 1 is 1.13 bits per heavy atom. The molecule has 0 bridgehead atoms. The summed E-state index contributed by atoms with van der Waals surface area (Å²) in [6.45, 7) is 2.98. The van der Waals surface area contributed by atoms with Gasteiger partial charge in [-0.2, -0.15) is 4.98 Å². The summed E-state index contributed by atoms with van der Waals surface area (Å²) in [5.74, 6) is 2.29. The van der Waals surface area contributed by atoms with Crippen LogP contribution in [0.15, 0.2) is 64.0 Å². The lowest BCUT2D eigenvalue weighted by Crippen LogP contribution is -2.40. The molecular formula is C23H25ClN4O2S. The van der Waals surface area contributed by atoms with Crippen LogP contribution in [0.5, 0.6) is 0 Å². The van der Waals surface area contributed by atoms with Gasteiger partial charge in [-0.25, -0.2) is 0 Å². The first kappa shape index (κ1) is 21.9. The Morgan fingerprint density at radius 3 is 2.61 bits per heavy atom. The number of likely N-dealkylation sites (tertiary alicyclic amines) is 1. The molecule has 0 aliphatic carbocycles. The minimum absolute atomic E-state index is 0.0688. The van der Waals surface area contributed by atoms with Crippen LogP contribution < -0.4 is 5.32 Å². The fourth-order valence-corrected chi connectivity index (χ4v) is 4.48. The molecule has 3 aromatic rings. The maximum atomic E-state index is 12.5. The molecule has 1 aromatic heterocycles. The number of carbonyl (C=O) groups excluding carboxylic acids is 1. The topological polar surface area (TPSA) is 71.3 Å². The summed E-state index contributed by atoms with van der Waals surface area (Å²) in [7, 11) is 0. The average Bonchev–Trinajstić information content (AvgIpc) is 3.27. The van der Waals surface area contributed by atoms with Gasteiger partial charge in [0, 0.05) is 33.7 Å². The van der Waals surface area contributed by atoms with Gasteiger partial charge in [0.25, 0.3) is 0 Å². The maximum absolute atomic E-state index is 12.5. The minimum Gasteiger partial charge on any atom is -0.355 e. The Balaban J connectivity index is 1.16. The van der Waals surface area contributed by atoms with Crippen molar-refractivity contribution in [3.63, 3.8) is 0 Å². The number of rotatable bonds is 8. The van der Waals surface area contributed by atoms with Crippen LogP contribution in [0.3, 0.4) is 0 Å². The van der Waals surface area contributed by atoms with Gasteiger partial charge in [0.1, 0.15) is 0 Å². The summed E-state index contributed by atoms with van der Waals surface area (Å²) < 4.78 is 5.41. The van der Waals surface area contributed by atoms with E-state index in [1.54, 1.807) is 11.8 Å². The highest BCUT2D eigenvalue weighted by Gasteiger charge is 2.25. The second kappa shape index (κ2) is 10.8. The molecule has 1 aliphatic rings. The van der Waals surface area contributed by atoms with E-state index in [4.69, 9.17) is 16.1 Å². The SMILES string of the molecule is O=C(NCCSc1ccc(Cl)cc1)C1CCN(Cc2nc(-c3ccccc3)no2)CC1. The predicted octanol–water partition coefficient (Wildman–Crippen LogP) is 4.51. The highest BCUT2D eigenvalue weighted by molar-refractivity contribution is 7.99. The minimum atomic E-state index is 0.0688. The quantitative estimate of drug-likeness (QED) is 0.397. The van der Waals surface area contributed by atoms with Gasteiger partial charge in [-0.05, 0) is 50.2 Å². The van der Waals surface area contributed by atoms with Gasteiger partial charge in [0.2, 0.25) is 17.6 Å². The summed E-state index contributed by atoms with van der Waals surface area (Å²) >= 11 is 7.62. The van der Waals surface area contributed by atoms with Crippen molar-refractivity contribution in [3.05, 3.63) is 65.5 Å². The number of aromatic nitrogens is 2.